The summed E-state index contributed by atoms with van der Waals surface area (Å²) >= 11 is 6.50. The third-order valence-corrected chi connectivity index (χ3v) is 5.79. The Balaban J connectivity index is 1.55. The van der Waals surface area contributed by atoms with Crippen molar-refractivity contribution in [1.29, 1.82) is 0 Å². The Morgan fingerprint density at radius 1 is 1.30 bits per heavy atom. The van der Waals surface area contributed by atoms with E-state index in [9.17, 15) is 5.11 Å². The van der Waals surface area contributed by atoms with Crippen LogP contribution in [0, 0.1) is 6.92 Å². The molecule has 1 aromatic carbocycles. The van der Waals surface area contributed by atoms with Gasteiger partial charge >= 0.3 is 0 Å². The molecule has 2 heterocycles. The molecular weight excluding hydrogens is 364 g/mol. The second kappa shape index (κ2) is 7.66. The van der Waals surface area contributed by atoms with Gasteiger partial charge in [0.25, 0.3) is 0 Å². The van der Waals surface area contributed by atoms with Crippen LogP contribution in [-0.4, -0.2) is 41.3 Å². The van der Waals surface area contributed by atoms with Gasteiger partial charge in [-0.2, -0.15) is 4.98 Å². The molecule has 1 saturated heterocycles. The van der Waals surface area contributed by atoms with Crippen molar-refractivity contribution in [2.45, 2.75) is 44.9 Å². The molecule has 4 rings (SSSR count). The molecule has 2 aliphatic rings. The van der Waals surface area contributed by atoms with Crippen molar-refractivity contribution in [2.75, 3.05) is 20.2 Å². The van der Waals surface area contributed by atoms with Crippen molar-refractivity contribution in [1.82, 2.24) is 9.88 Å². The number of likely N-dealkylation sites (tertiary alicyclic amines) is 1. The number of aryl methyl sites for hydroxylation is 1. The van der Waals surface area contributed by atoms with Crippen LogP contribution in [0.3, 0.4) is 0 Å². The molecule has 1 aromatic heterocycles. The summed E-state index contributed by atoms with van der Waals surface area (Å²) in [7, 11) is 1.61. The van der Waals surface area contributed by atoms with Crippen molar-refractivity contribution < 1.29 is 14.6 Å². The number of halogens is 1. The van der Waals surface area contributed by atoms with E-state index in [4.69, 9.17) is 21.1 Å². The summed E-state index contributed by atoms with van der Waals surface area (Å²) in [6.07, 6.45) is 2.44. The fourth-order valence-corrected chi connectivity index (χ4v) is 4.34. The van der Waals surface area contributed by atoms with Crippen LogP contribution in [-0.2, 0) is 13.0 Å². The highest BCUT2D eigenvalue weighted by atomic mass is 35.5. The number of β-amino-alcohol motifs (C(OH)–C–C–N with tert-alkyl or cyclic N) is 1. The Kier molecular flexibility index (Phi) is 5.26. The molecule has 0 saturated carbocycles. The molecule has 1 fully saturated rings. The highest BCUT2D eigenvalue weighted by molar-refractivity contribution is 6.31. The largest absolute Gasteiger partial charge is 0.481 e. The van der Waals surface area contributed by atoms with E-state index in [0.717, 1.165) is 31.4 Å². The monoisotopic (exact) mass is 388 g/mol. The van der Waals surface area contributed by atoms with E-state index < -0.39 is 0 Å². The van der Waals surface area contributed by atoms with Crippen molar-refractivity contribution in [2.24, 2.45) is 0 Å². The van der Waals surface area contributed by atoms with Gasteiger partial charge in [0, 0.05) is 25.2 Å². The minimum atomic E-state index is -0.257. The van der Waals surface area contributed by atoms with Crippen molar-refractivity contribution in [3.8, 4) is 11.8 Å². The van der Waals surface area contributed by atoms with E-state index in [1.807, 2.05) is 6.07 Å². The summed E-state index contributed by atoms with van der Waals surface area (Å²) in [5.74, 6) is 0.941. The minimum Gasteiger partial charge on any atom is -0.481 e. The molecular formula is C21H25ClN2O3. The lowest BCUT2D eigenvalue weighted by molar-refractivity contribution is 0.174. The second-order valence-electron chi connectivity index (χ2n) is 7.41. The van der Waals surface area contributed by atoms with Gasteiger partial charge in [-0.1, -0.05) is 29.8 Å². The molecule has 1 aliphatic carbocycles. The zero-order valence-electron chi connectivity index (χ0n) is 15.7. The Labute approximate surface area is 164 Å². The molecule has 5 nitrogen and oxygen atoms in total. The predicted octanol–water partition coefficient (Wildman–Crippen LogP) is 3.68. The number of hydrogen-bond donors (Lipinski definition) is 1. The van der Waals surface area contributed by atoms with E-state index in [0.29, 0.717) is 29.9 Å². The van der Waals surface area contributed by atoms with Gasteiger partial charge < -0.3 is 14.6 Å². The summed E-state index contributed by atoms with van der Waals surface area (Å²) in [6.45, 7) is 4.31. The van der Waals surface area contributed by atoms with Gasteiger partial charge in [0.1, 0.15) is 11.1 Å². The van der Waals surface area contributed by atoms with Crippen LogP contribution < -0.4 is 9.47 Å². The molecule has 144 valence electrons. The lowest BCUT2D eigenvalue weighted by Crippen LogP contribution is -2.22. The molecule has 0 bridgehead atoms. The van der Waals surface area contributed by atoms with E-state index in [2.05, 4.69) is 35.0 Å². The molecule has 1 N–H and O–H groups in total. The fraction of sp³-hybridized carbons (Fsp3) is 0.476. The molecule has 2 atom stereocenters. The third-order valence-electron chi connectivity index (χ3n) is 5.52. The number of benzene rings is 1. The average Bonchev–Trinajstić information content (AvgIpc) is 3.24. The van der Waals surface area contributed by atoms with Gasteiger partial charge in [0.05, 0.1) is 13.2 Å². The number of nitrogens with zero attached hydrogens (tertiary/aromatic N) is 2. The number of aromatic nitrogens is 1. The molecule has 27 heavy (non-hydrogen) atoms. The van der Waals surface area contributed by atoms with Crippen LogP contribution in [0.1, 0.15) is 41.2 Å². The van der Waals surface area contributed by atoms with Gasteiger partial charge in [-0.05, 0) is 48.9 Å². The molecule has 0 radical (unpaired) electrons. The Bertz CT molecular complexity index is 842. The predicted molar refractivity (Wildman–Crippen MR) is 105 cm³/mol. The summed E-state index contributed by atoms with van der Waals surface area (Å²) < 4.78 is 11.7. The SMILES string of the molecule is COc1nc(O[C@H]2CCc3c(C)cccc32)c(Cl)cc1CN1CC[C@@H](O)C1. The zero-order valence-corrected chi connectivity index (χ0v) is 16.5. The first-order chi connectivity index (χ1) is 13.0. The van der Waals surface area contributed by atoms with Crippen LogP contribution in [0.2, 0.25) is 5.02 Å². The molecule has 6 heteroatoms. The Hall–Kier alpha value is -1.82. The van der Waals surface area contributed by atoms with Crippen LogP contribution >= 0.6 is 11.6 Å². The van der Waals surface area contributed by atoms with Gasteiger partial charge in [-0.15, -0.1) is 0 Å². The summed E-state index contributed by atoms with van der Waals surface area (Å²) in [5, 5.41) is 10.2. The Morgan fingerprint density at radius 3 is 2.89 bits per heavy atom. The van der Waals surface area contributed by atoms with Crippen LogP contribution in [0.25, 0.3) is 0 Å². The average molecular weight is 389 g/mol. The maximum atomic E-state index is 9.73. The lowest BCUT2D eigenvalue weighted by Gasteiger charge is -2.19. The number of pyridine rings is 1. The second-order valence-corrected chi connectivity index (χ2v) is 7.82. The fourth-order valence-electron chi connectivity index (χ4n) is 4.12. The number of aliphatic hydroxyl groups is 1. The topological polar surface area (TPSA) is 54.8 Å². The number of rotatable bonds is 5. The third kappa shape index (κ3) is 3.77. The van der Waals surface area contributed by atoms with Crippen molar-refractivity contribution in [3.63, 3.8) is 0 Å². The van der Waals surface area contributed by atoms with Crippen LogP contribution in [0.15, 0.2) is 24.3 Å². The number of methoxy groups -OCH3 is 1. The molecule has 0 amide bonds. The summed E-state index contributed by atoms with van der Waals surface area (Å²) in [4.78, 5) is 6.72. The van der Waals surface area contributed by atoms with Gasteiger partial charge in [-0.3, -0.25) is 4.90 Å². The molecule has 1 aliphatic heterocycles. The van der Waals surface area contributed by atoms with Gasteiger partial charge in [0.15, 0.2) is 0 Å². The van der Waals surface area contributed by atoms with E-state index in [-0.39, 0.29) is 12.2 Å². The van der Waals surface area contributed by atoms with Crippen molar-refractivity contribution >= 4 is 11.6 Å². The highest BCUT2D eigenvalue weighted by Gasteiger charge is 2.27. The first kappa shape index (κ1) is 18.5. The Morgan fingerprint density at radius 2 is 2.15 bits per heavy atom. The van der Waals surface area contributed by atoms with Gasteiger partial charge in [-0.25, -0.2) is 0 Å². The number of ether oxygens (including phenoxy) is 2. The quantitative estimate of drug-likeness (QED) is 0.846. The number of aliphatic hydroxyl groups excluding tert-OH is 1. The summed E-state index contributed by atoms with van der Waals surface area (Å²) in [5.41, 5.74) is 4.81. The van der Waals surface area contributed by atoms with Crippen molar-refractivity contribution in [3.05, 3.63) is 51.5 Å². The maximum Gasteiger partial charge on any atom is 0.236 e. The zero-order chi connectivity index (χ0) is 19.0. The highest BCUT2D eigenvalue weighted by Crippen LogP contribution is 2.39. The minimum absolute atomic E-state index is 0.0332. The van der Waals surface area contributed by atoms with E-state index in [1.165, 1.54) is 16.7 Å². The standard InChI is InChI=1S/C21H25ClN2O3/c1-13-4-3-5-17-16(13)6-7-19(17)27-21-18(22)10-14(20(23-21)26-2)11-24-9-8-15(25)12-24/h3-5,10,15,19,25H,6-9,11-12H2,1-2H3/t15-,19+/m1/s1. The first-order valence-corrected chi connectivity index (χ1v) is 9.82. The normalized spacial score (nSPS) is 22.1. The smallest absolute Gasteiger partial charge is 0.236 e. The summed E-state index contributed by atoms with van der Waals surface area (Å²) in [6, 6.07) is 8.20. The number of hydrogen-bond acceptors (Lipinski definition) is 5. The van der Waals surface area contributed by atoms with E-state index in [1.54, 1.807) is 7.11 Å². The molecule has 0 unspecified atom stereocenters. The van der Waals surface area contributed by atoms with E-state index >= 15 is 0 Å². The molecule has 2 aromatic rings. The van der Waals surface area contributed by atoms with Gasteiger partial charge in [0.2, 0.25) is 11.8 Å². The van der Waals surface area contributed by atoms with Crippen LogP contribution in [0.5, 0.6) is 11.8 Å². The van der Waals surface area contributed by atoms with Crippen LogP contribution in [0.4, 0.5) is 0 Å². The first-order valence-electron chi connectivity index (χ1n) is 9.44. The molecule has 0 spiro atoms. The number of fused-ring (bicyclic) bond motifs is 1. The lowest BCUT2D eigenvalue weighted by atomic mass is 10.0. The maximum absolute atomic E-state index is 9.73.